The molecule has 0 atom stereocenters. The minimum absolute atomic E-state index is 0.0195. The van der Waals surface area contributed by atoms with Gasteiger partial charge in [-0.2, -0.15) is 5.10 Å². The Morgan fingerprint density at radius 2 is 1.75 bits per heavy atom. The lowest BCUT2D eigenvalue weighted by atomic mass is 10.0. The predicted octanol–water partition coefficient (Wildman–Crippen LogP) is 3.44. The highest BCUT2D eigenvalue weighted by Gasteiger charge is 2.16. The van der Waals surface area contributed by atoms with E-state index in [1.165, 1.54) is 24.5 Å². The lowest BCUT2D eigenvalue weighted by Crippen LogP contribution is -2.13. The van der Waals surface area contributed by atoms with Crippen molar-refractivity contribution in [2.45, 2.75) is 4.90 Å². The molecule has 4 aromatic rings. The minimum atomic E-state index is -3.81. The first-order valence-corrected chi connectivity index (χ1v) is 10.0. The summed E-state index contributed by atoms with van der Waals surface area (Å²) < 4.78 is 27.6. The van der Waals surface area contributed by atoms with E-state index in [4.69, 9.17) is 11.6 Å². The maximum atomic E-state index is 12.6. The lowest BCUT2D eigenvalue weighted by Gasteiger charge is -2.11. The van der Waals surface area contributed by atoms with E-state index in [2.05, 4.69) is 19.9 Å². The maximum absolute atomic E-state index is 12.6. The van der Waals surface area contributed by atoms with E-state index < -0.39 is 10.0 Å². The number of hydrogen-bond donors (Lipinski definition) is 2. The number of halogens is 1. The van der Waals surface area contributed by atoms with Gasteiger partial charge < -0.3 is 0 Å². The molecule has 2 N–H and O–H groups in total. The van der Waals surface area contributed by atoms with Crippen LogP contribution in [0.5, 0.6) is 0 Å². The molecule has 0 aliphatic carbocycles. The molecular formula is C19H13ClN4O3S. The number of nitrogens with zero attached hydrogens (tertiary/aromatic N) is 2. The number of fused-ring (bicyclic) bond motifs is 1. The van der Waals surface area contributed by atoms with E-state index >= 15 is 0 Å². The summed E-state index contributed by atoms with van der Waals surface area (Å²) in [7, 11) is -3.81. The van der Waals surface area contributed by atoms with E-state index in [0.717, 1.165) is 0 Å². The Bertz CT molecular complexity index is 1340. The zero-order valence-electron chi connectivity index (χ0n) is 14.3. The zero-order valence-corrected chi connectivity index (χ0v) is 15.8. The van der Waals surface area contributed by atoms with Gasteiger partial charge in [0.05, 0.1) is 22.3 Å². The molecule has 4 rings (SSSR count). The van der Waals surface area contributed by atoms with Gasteiger partial charge in [0.25, 0.3) is 10.0 Å². The van der Waals surface area contributed by atoms with Gasteiger partial charge in [-0.25, -0.2) is 13.4 Å². The number of hydrogen-bond acceptors (Lipinski definition) is 5. The Balaban J connectivity index is 1.76. The monoisotopic (exact) mass is 412 g/mol. The van der Waals surface area contributed by atoms with Crippen LogP contribution in [0.2, 0.25) is 5.15 Å². The molecule has 0 aliphatic rings. The fourth-order valence-corrected chi connectivity index (χ4v) is 4.02. The van der Waals surface area contributed by atoms with E-state index in [9.17, 15) is 13.2 Å². The smallest absolute Gasteiger partial charge is 0.261 e. The molecule has 0 unspecified atom stereocenters. The molecule has 0 fully saturated rings. The third-order valence-corrected chi connectivity index (χ3v) is 5.80. The van der Waals surface area contributed by atoms with Crippen LogP contribution in [0.3, 0.4) is 0 Å². The summed E-state index contributed by atoms with van der Waals surface area (Å²) in [6.07, 6.45) is 2.71. The quantitative estimate of drug-likeness (QED) is 0.499. The normalized spacial score (nSPS) is 11.5. The molecule has 28 heavy (non-hydrogen) atoms. The van der Waals surface area contributed by atoms with Crippen LogP contribution in [0, 0.1) is 0 Å². The van der Waals surface area contributed by atoms with Crippen molar-refractivity contribution in [3.05, 3.63) is 82.4 Å². The molecule has 0 aliphatic heterocycles. The van der Waals surface area contributed by atoms with Crippen LogP contribution in [0.15, 0.2) is 76.7 Å². The molecule has 2 aromatic heterocycles. The largest absolute Gasteiger partial charge is 0.287 e. The molecule has 2 heterocycles. The van der Waals surface area contributed by atoms with Crippen LogP contribution < -0.4 is 10.2 Å². The standard InChI is InChI=1S/C19H13ClN4O3S/c20-19-17(24-28(26,27)14-4-2-1-3-5-14)9-13(10-21-19)12-6-7-16-15(8-12)18(25)11-22-23-16/h1-11,24H,(H,23,25). The minimum Gasteiger partial charge on any atom is -0.287 e. The topological polar surface area (TPSA) is 105 Å². The average molecular weight is 413 g/mol. The van der Waals surface area contributed by atoms with E-state index in [1.807, 2.05) is 0 Å². The van der Waals surface area contributed by atoms with Gasteiger partial charge in [-0.3, -0.25) is 14.6 Å². The maximum Gasteiger partial charge on any atom is 0.261 e. The van der Waals surface area contributed by atoms with Crippen LogP contribution >= 0.6 is 11.6 Å². The summed E-state index contributed by atoms with van der Waals surface area (Å²) in [4.78, 5) is 16.2. The van der Waals surface area contributed by atoms with Crippen LogP contribution in [-0.4, -0.2) is 23.6 Å². The Morgan fingerprint density at radius 3 is 2.54 bits per heavy atom. The molecule has 140 valence electrons. The van der Waals surface area contributed by atoms with Crippen molar-refractivity contribution < 1.29 is 8.42 Å². The number of anilines is 1. The zero-order chi connectivity index (χ0) is 19.7. The lowest BCUT2D eigenvalue weighted by molar-refractivity contribution is 0.601. The second kappa shape index (κ2) is 7.06. The van der Waals surface area contributed by atoms with Crippen molar-refractivity contribution in [3.63, 3.8) is 0 Å². The van der Waals surface area contributed by atoms with Gasteiger partial charge in [0, 0.05) is 17.1 Å². The fraction of sp³-hybridized carbons (Fsp3) is 0. The number of aromatic amines is 1. The molecule has 2 aromatic carbocycles. The van der Waals surface area contributed by atoms with Crippen LogP contribution in [0.1, 0.15) is 0 Å². The first-order valence-electron chi connectivity index (χ1n) is 8.15. The van der Waals surface area contributed by atoms with E-state index in [-0.39, 0.29) is 21.2 Å². The summed E-state index contributed by atoms with van der Waals surface area (Å²) in [6.45, 7) is 0. The Morgan fingerprint density at radius 1 is 0.964 bits per heavy atom. The van der Waals surface area contributed by atoms with Crippen molar-refractivity contribution in [2.24, 2.45) is 0 Å². The molecule has 0 radical (unpaired) electrons. The SMILES string of the molecule is O=c1cn[nH]c2ccc(-c3cnc(Cl)c(NS(=O)(=O)c4ccccc4)c3)cc12. The number of rotatable bonds is 4. The number of aromatic nitrogens is 3. The molecule has 0 bridgehead atoms. The van der Waals surface area contributed by atoms with Gasteiger partial charge in [0.1, 0.15) is 0 Å². The predicted molar refractivity (Wildman–Crippen MR) is 108 cm³/mol. The van der Waals surface area contributed by atoms with Gasteiger partial charge >= 0.3 is 0 Å². The molecule has 0 amide bonds. The fourth-order valence-electron chi connectivity index (χ4n) is 2.74. The van der Waals surface area contributed by atoms with E-state index in [0.29, 0.717) is 22.0 Å². The Kier molecular flexibility index (Phi) is 4.58. The Labute approximate surface area is 165 Å². The van der Waals surface area contributed by atoms with Gasteiger partial charge in [0.2, 0.25) is 5.43 Å². The van der Waals surface area contributed by atoms with Gasteiger partial charge in [-0.15, -0.1) is 0 Å². The van der Waals surface area contributed by atoms with Crippen molar-refractivity contribution >= 4 is 38.2 Å². The molecule has 0 saturated heterocycles. The molecule has 7 nitrogen and oxygen atoms in total. The van der Waals surface area contributed by atoms with Crippen molar-refractivity contribution in [3.8, 4) is 11.1 Å². The highest BCUT2D eigenvalue weighted by atomic mass is 35.5. The molecule has 9 heteroatoms. The Hall–Kier alpha value is -3.23. The second-order valence-electron chi connectivity index (χ2n) is 5.98. The molecule has 0 spiro atoms. The highest BCUT2D eigenvalue weighted by molar-refractivity contribution is 7.92. The van der Waals surface area contributed by atoms with Gasteiger partial charge in [-0.05, 0) is 35.9 Å². The number of sulfonamides is 1. The number of H-pyrrole nitrogens is 1. The van der Waals surface area contributed by atoms with Gasteiger partial charge in [-0.1, -0.05) is 35.9 Å². The number of benzene rings is 2. The number of nitrogens with one attached hydrogen (secondary N) is 2. The van der Waals surface area contributed by atoms with Crippen LogP contribution in [0.25, 0.3) is 22.0 Å². The number of pyridine rings is 1. The van der Waals surface area contributed by atoms with Crippen LogP contribution in [-0.2, 0) is 10.0 Å². The van der Waals surface area contributed by atoms with Crippen molar-refractivity contribution in [1.82, 2.24) is 15.2 Å². The van der Waals surface area contributed by atoms with E-state index in [1.54, 1.807) is 42.5 Å². The van der Waals surface area contributed by atoms with Crippen molar-refractivity contribution in [1.29, 1.82) is 0 Å². The third kappa shape index (κ3) is 3.47. The van der Waals surface area contributed by atoms with Crippen molar-refractivity contribution in [2.75, 3.05) is 4.72 Å². The second-order valence-corrected chi connectivity index (χ2v) is 8.02. The first kappa shape index (κ1) is 18.1. The summed E-state index contributed by atoms with van der Waals surface area (Å²) in [6, 6.07) is 14.7. The average Bonchev–Trinajstić information content (AvgIpc) is 2.70. The highest BCUT2D eigenvalue weighted by Crippen LogP contribution is 2.29. The first-order chi connectivity index (χ1) is 13.4. The molecule has 0 saturated carbocycles. The summed E-state index contributed by atoms with van der Waals surface area (Å²) in [5.41, 5.74) is 1.82. The summed E-state index contributed by atoms with van der Waals surface area (Å²) in [5.74, 6) is 0. The summed E-state index contributed by atoms with van der Waals surface area (Å²) in [5, 5.41) is 7.01. The van der Waals surface area contributed by atoms with Gasteiger partial charge in [0.15, 0.2) is 5.15 Å². The van der Waals surface area contributed by atoms with Crippen LogP contribution in [0.4, 0.5) is 5.69 Å². The molecular weight excluding hydrogens is 400 g/mol. The summed E-state index contributed by atoms with van der Waals surface area (Å²) >= 11 is 6.10. The third-order valence-electron chi connectivity index (χ3n) is 4.12.